The molecule has 0 aliphatic carbocycles. The average molecular weight is 362 g/mol. The number of carbonyl (C=O) groups is 2. The lowest BCUT2D eigenvalue weighted by Crippen LogP contribution is -2.28. The van der Waals surface area contributed by atoms with Gasteiger partial charge in [-0.15, -0.1) is 11.8 Å². The highest BCUT2D eigenvalue weighted by molar-refractivity contribution is 8.00. The van der Waals surface area contributed by atoms with E-state index < -0.39 is 11.6 Å². The minimum Gasteiger partial charge on any atom is -0.326 e. The zero-order chi connectivity index (χ0) is 18.0. The Bertz CT molecular complexity index is 811. The number of nitrogens with one attached hydrogen (secondary N) is 1. The number of nitrogens with zero attached hydrogens (tertiary/aromatic N) is 1. The minimum absolute atomic E-state index is 0.00748. The van der Waals surface area contributed by atoms with Crippen LogP contribution in [-0.2, 0) is 16.1 Å². The molecule has 4 nitrogen and oxygen atoms in total. The Balaban J connectivity index is 1.82. The van der Waals surface area contributed by atoms with E-state index in [0.29, 0.717) is 5.69 Å². The van der Waals surface area contributed by atoms with Crippen LogP contribution < -0.4 is 5.32 Å². The largest absolute Gasteiger partial charge is 0.326 e. The Kier molecular flexibility index (Phi) is 5.03. The number of benzene rings is 2. The van der Waals surface area contributed by atoms with Crippen molar-refractivity contribution in [2.45, 2.75) is 18.8 Å². The van der Waals surface area contributed by atoms with Gasteiger partial charge in [-0.05, 0) is 35.9 Å². The third-order valence-electron chi connectivity index (χ3n) is 3.83. The highest BCUT2D eigenvalue weighted by Gasteiger charge is 2.33. The van der Waals surface area contributed by atoms with Gasteiger partial charge in [0.05, 0.1) is 12.3 Å². The molecule has 2 aromatic rings. The summed E-state index contributed by atoms with van der Waals surface area (Å²) in [5.41, 5.74) is 1.67. The number of thioether (sulfide) groups is 1. The van der Waals surface area contributed by atoms with Gasteiger partial charge in [-0.3, -0.25) is 9.59 Å². The molecule has 130 valence electrons. The van der Waals surface area contributed by atoms with Crippen molar-refractivity contribution in [2.24, 2.45) is 0 Å². The standard InChI is InChI=1S/C18H16F2N2O2S/c1-11(23)21-15-5-2-12(3-6-15)18-22(17(24)10-25-18)9-13-8-14(19)4-7-16(13)20/h2-8,18H,9-10H2,1H3,(H,21,23). The fourth-order valence-electron chi connectivity index (χ4n) is 2.68. The Morgan fingerprint density at radius 2 is 1.96 bits per heavy atom. The van der Waals surface area contributed by atoms with Gasteiger partial charge in [-0.25, -0.2) is 8.78 Å². The van der Waals surface area contributed by atoms with Crippen molar-refractivity contribution in [3.63, 3.8) is 0 Å². The zero-order valence-corrected chi connectivity index (χ0v) is 14.3. The van der Waals surface area contributed by atoms with Crippen molar-refractivity contribution in [3.05, 3.63) is 65.2 Å². The van der Waals surface area contributed by atoms with Crippen LogP contribution in [0.4, 0.5) is 14.5 Å². The molecule has 1 atom stereocenters. The van der Waals surface area contributed by atoms with E-state index in [0.717, 1.165) is 23.8 Å². The smallest absolute Gasteiger partial charge is 0.234 e. The van der Waals surface area contributed by atoms with Crippen LogP contribution in [0.2, 0.25) is 0 Å². The van der Waals surface area contributed by atoms with E-state index in [1.807, 2.05) is 12.1 Å². The maximum Gasteiger partial charge on any atom is 0.234 e. The van der Waals surface area contributed by atoms with Crippen molar-refractivity contribution in [2.75, 3.05) is 11.1 Å². The Morgan fingerprint density at radius 1 is 1.24 bits per heavy atom. The first-order valence-corrected chi connectivity index (χ1v) is 8.71. The maximum atomic E-state index is 13.9. The van der Waals surface area contributed by atoms with Crippen molar-refractivity contribution >= 4 is 29.3 Å². The number of halogens is 2. The lowest BCUT2D eigenvalue weighted by atomic mass is 10.1. The molecule has 1 N–H and O–H groups in total. The van der Waals surface area contributed by atoms with Crippen molar-refractivity contribution in [1.82, 2.24) is 4.90 Å². The van der Waals surface area contributed by atoms with Gasteiger partial charge in [0.25, 0.3) is 0 Å². The molecule has 2 amide bonds. The molecule has 0 spiro atoms. The molecular weight excluding hydrogens is 346 g/mol. The third kappa shape index (κ3) is 3.99. The minimum atomic E-state index is -0.536. The van der Waals surface area contributed by atoms with Gasteiger partial charge in [0.2, 0.25) is 11.8 Å². The summed E-state index contributed by atoms with van der Waals surface area (Å²) in [4.78, 5) is 24.8. The number of hydrogen-bond acceptors (Lipinski definition) is 3. The summed E-state index contributed by atoms with van der Waals surface area (Å²) in [7, 11) is 0. The van der Waals surface area contributed by atoms with Gasteiger partial charge in [0.15, 0.2) is 0 Å². The first-order chi connectivity index (χ1) is 11.9. The average Bonchev–Trinajstić information content (AvgIpc) is 2.92. The van der Waals surface area contributed by atoms with Crippen LogP contribution in [0.5, 0.6) is 0 Å². The van der Waals surface area contributed by atoms with E-state index in [2.05, 4.69) is 5.32 Å². The second-order valence-electron chi connectivity index (χ2n) is 5.72. The van der Waals surface area contributed by atoms with Crippen LogP contribution in [0.1, 0.15) is 23.4 Å². The molecule has 1 heterocycles. The molecule has 0 saturated carbocycles. The summed E-state index contributed by atoms with van der Waals surface area (Å²) in [6, 6.07) is 10.4. The number of hydrogen-bond donors (Lipinski definition) is 1. The second kappa shape index (κ2) is 7.23. The SMILES string of the molecule is CC(=O)Nc1ccc(C2SCC(=O)N2Cc2cc(F)ccc2F)cc1. The molecule has 25 heavy (non-hydrogen) atoms. The van der Waals surface area contributed by atoms with Gasteiger partial charge in [-0.1, -0.05) is 12.1 Å². The summed E-state index contributed by atoms with van der Waals surface area (Å²) < 4.78 is 27.3. The van der Waals surface area contributed by atoms with E-state index in [1.165, 1.54) is 23.6 Å². The quantitative estimate of drug-likeness (QED) is 0.902. The van der Waals surface area contributed by atoms with E-state index in [4.69, 9.17) is 0 Å². The molecule has 0 radical (unpaired) electrons. The monoisotopic (exact) mass is 362 g/mol. The molecule has 1 saturated heterocycles. The normalized spacial score (nSPS) is 17.0. The van der Waals surface area contributed by atoms with E-state index >= 15 is 0 Å². The molecule has 3 rings (SSSR count). The molecule has 2 aromatic carbocycles. The first-order valence-electron chi connectivity index (χ1n) is 7.66. The lowest BCUT2D eigenvalue weighted by molar-refractivity contribution is -0.128. The molecule has 1 unspecified atom stereocenters. The summed E-state index contributed by atoms with van der Waals surface area (Å²) in [6.45, 7) is 1.43. The van der Waals surface area contributed by atoms with Crippen LogP contribution >= 0.6 is 11.8 Å². The molecule has 1 fully saturated rings. The molecule has 7 heteroatoms. The first kappa shape index (κ1) is 17.4. The van der Waals surface area contributed by atoms with Crippen LogP contribution in [0.15, 0.2) is 42.5 Å². The van der Waals surface area contributed by atoms with Crippen LogP contribution in [-0.4, -0.2) is 22.5 Å². The van der Waals surface area contributed by atoms with E-state index in [-0.39, 0.29) is 35.0 Å². The molecule has 0 aromatic heterocycles. The Labute approximate surface area is 148 Å². The summed E-state index contributed by atoms with van der Waals surface area (Å²) in [6.07, 6.45) is 0. The number of rotatable bonds is 4. The molecule has 1 aliphatic heterocycles. The van der Waals surface area contributed by atoms with Gasteiger partial charge in [0, 0.05) is 18.2 Å². The Hall–Kier alpha value is -2.41. The highest BCUT2D eigenvalue weighted by atomic mass is 32.2. The van der Waals surface area contributed by atoms with Crippen LogP contribution in [0, 0.1) is 11.6 Å². The molecule has 1 aliphatic rings. The molecular formula is C18H16F2N2O2S. The van der Waals surface area contributed by atoms with Crippen molar-refractivity contribution in [3.8, 4) is 0 Å². The fourth-order valence-corrected chi connectivity index (χ4v) is 3.87. The summed E-state index contributed by atoms with van der Waals surface area (Å²) >= 11 is 1.43. The maximum absolute atomic E-state index is 13.9. The van der Waals surface area contributed by atoms with Gasteiger partial charge in [-0.2, -0.15) is 0 Å². The topological polar surface area (TPSA) is 49.4 Å². The van der Waals surface area contributed by atoms with Crippen molar-refractivity contribution in [1.29, 1.82) is 0 Å². The predicted octanol–water partition coefficient (Wildman–Crippen LogP) is 3.70. The second-order valence-corrected chi connectivity index (χ2v) is 6.79. The van der Waals surface area contributed by atoms with Crippen LogP contribution in [0.3, 0.4) is 0 Å². The summed E-state index contributed by atoms with van der Waals surface area (Å²) in [5.74, 6) is -1.07. The van der Waals surface area contributed by atoms with E-state index in [1.54, 1.807) is 12.1 Å². The zero-order valence-electron chi connectivity index (χ0n) is 13.5. The van der Waals surface area contributed by atoms with E-state index in [9.17, 15) is 18.4 Å². The third-order valence-corrected chi connectivity index (χ3v) is 5.09. The highest BCUT2D eigenvalue weighted by Crippen LogP contribution is 2.40. The van der Waals surface area contributed by atoms with Gasteiger partial charge >= 0.3 is 0 Å². The number of amides is 2. The fraction of sp³-hybridized carbons (Fsp3) is 0.222. The Morgan fingerprint density at radius 3 is 2.64 bits per heavy atom. The number of carbonyl (C=O) groups excluding carboxylic acids is 2. The van der Waals surface area contributed by atoms with Gasteiger partial charge in [0.1, 0.15) is 17.0 Å². The summed E-state index contributed by atoms with van der Waals surface area (Å²) in [5, 5.41) is 2.40. The predicted molar refractivity (Wildman–Crippen MR) is 92.9 cm³/mol. The van der Waals surface area contributed by atoms with Crippen molar-refractivity contribution < 1.29 is 18.4 Å². The van der Waals surface area contributed by atoms with Crippen LogP contribution in [0.25, 0.3) is 0 Å². The van der Waals surface area contributed by atoms with Gasteiger partial charge < -0.3 is 10.2 Å². The molecule has 0 bridgehead atoms. The number of anilines is 1. The lowest BCUT2D eigenvalue weighted by Gasteiger charge is -2.24.